The van der Waals surface area contributed by atoms with Crippen LogP contribution in [0.15, 0.2) is 0 Å². The van der Waals surface area contributed by atoms with Crippen LogP contribution in [0.2, 0.25) is 0 Å². The molecule has 0 saturated carbocycles. The van der Waals surface area contributed by atoms with Crippen LogP contribution in [0.3, 0.4) is 0 Å². The maximum absolute atomic E-state index is 10.8. The lowest BCUT2D eigenvalue weighted by Gasteiger charge is -2.28. The van der Waals surface area contributed by atoms with Crippen LogP contribution in [0.5, 0.6) is 0 Å². The molecule has 0 unspecified atom stereocenters. The average Bonchev–Trinajstić information content (AvgIpc) is 1.76. The largest absolute Gasteiger partial charge is 0.326 e. The van der Waals surface area contributed by atoms with Crippen molar-refractivity contribution < 1.29 is 8.42 Å². The quantitative estimate of drug-likeness (QED) is 0.708. The van der Waals surface area contributed by atoms with Crippen molar-refractivity contribution in [2.45, 2.75) is 32.2 Å². The Balaban J connectivity index is 2.21. The van der Waals surface area contributed by atoms with Crippen molar-refractivity contribution in [2.75, 3.05) is 11.5 Å². The van der Waals surface area contributed by atoms with Crippen LogP contribution < -0.4 is 5.73 Å². The van der Waals surface area contributed by atoms with E-state index in [1.807, 2.05) is 13.8 Å². The topological polar surface area (TPSA) is 60.2 Å². The summed E-state index contributed by atoms with van der Waals surface area (Å²) in [6.45, 7) is 3.94. The van der Waals surface area contributed by atoms with E-state index < -0.39 is 9.84 Å². The highest BCUT2D eigenvalue weighted by atomic mass is 32.2. The van der Waals surface area contributed by atoms with Crippen molar-refractivity contribution in [3.63, 3.8) is 0 Å². The molecule has 4 heteroatoms. The van der Waals surface area contributed by atoms with Gasteiger partial charge in [0.2, 0.25) is 0 Å². The van der Waals surface area contributed by atoms with Gasteiger partial charge in [0.1, 0.15) is 0 Å². The van der Waals surface area contributed by atoms with Gasteiger partial charge in [-0.1, -0.05) is 0 Å². The fourth-order valence-electron chi connectivity index (χ4n) is 1.41. The normalized spacial score (nSPS) is 23.6. The Morgan fingerprint density at radius 1 is 1.42 bits per heavy atom. The van der Waals surface area contributed by atoms with Crippen molar-refractivity contribution in [3.05, 3.63) is 0 Å². The lowest BCUT2D eigenvalue weighted by Crippen LogP contribution is -2.39. The molecule has 0 aromatic rings. The minimum absolute atomic E-state index is 0.153. The van der Waals surface area contributed by atoms with E-state index in [0.29, 0.717) is 17.4 Å². The number of rotatable bonds is 3. The smallest absolute Gasteiger partial charge is 0.150 e. The van der Waals surface area contributed by atoms with Crippen molar-refractivity contribution in [2.24, 2.45) is 11.7 Å². The summed E-state index contributed by atoms with van der Waals surface area (Å²) < 4.78 is 21.6. The molecule has 1 aliphatic rings. The first-order chi connectivity index (χ1) is 5.29. The Labute approximate surface area is 74.3 Å². The van der Waals surface area contributed by atoms with E-state index in [9.17, 15) is 8.42 Å². The van der Waals surface area contributed by atoms with E-state index in [1.165, 1.54) is 0 Å². The van der Waals surface area contributed by atoms with Crippen LogP contribution in [-0.4, -0.2) is 25.5 Å². The highest BCUT2D eigenvalue weighted by Crippen LogP contribution is 2.25. The molecule has 0 amide bonds. The number of nitrogens with two attached hydrogens (primary N) is 1. The molecule has 0 aromatic carbocycles. The van der Waals surface area contributed by atoms with Crippen LogP contribution in [0.4, 0.5) is 0 Å². The molecule has 1 aliphatic heterocycles. The van der Waals surface area contributed by atoms with Gasteiger partial charge in [0.15, 0.2) is 9.84 Å². The summed E-state index contributed by atoms with van der Waals surface area (Å²) in [4.78, 5) is 0. The second-order valence-corrected chi connectivity index (χ2v) is 6.62. The molecule has 12 heavy (non-hydrogen) atoms. The summed E-state index contributed by atoms with van der Waals surface area (Å²) in [7, 11) is -2.64. The summed E-state index contributed by atoms with van der Waals surface area (Å²) in [5, 5.41) is 0. The zero-order chi connectivity index (χ0) is 9.41. The predicted octanol–water partition coefficient (Wildman–Crippen LogP) is 0.548. The monoisotopic (exact) mass is 191 g/mol. The van der Waals surface area contributed by atoms with E-state index in [4.69, 9.17) is 5.73 Å². The number of hydrogen-bond acceptors (Lipinski definition) is 3. The van der Waals surface area contributed by atoms with E-state index in [2.05, 4.69) is 0 Å². The van der Waals surface area contributed by atoms with Gasteiger partial charge in [-0.15, -0.1) is 0 Å². The van der Waals surface area contributed by atoms with Crippen LogP contribution in [0, 0.1) is 5.92 Å². The van der Waals surface area contributed by atoms with Gasteiger partial charge in [-0.25, -0.2) is 8.42 Å². The Hall–Kier alpha value is -0.0900. The van der Waals surface area contributed by atoms with Gasteiger partial charge in [0.25, 0.3) is 0 Å². The first-order valence-electron chi connectivity index (χ1n) is 4.28. The van der Waals surface area contributed by atoms with Crippen molar-refractivity contribution in [3.8, 4) is 0 Å². The number of hydrogen-bond donors (Lipinski definition) is 1. The summed E-state index contributed by atoms with van der Waals surface area (Å²) in [6, 6.07) is 0. The summed E-state index contributed by atoms with van der Waals surface area (Å²) in [6.07, 6.45) is 1.86. The molecule has 0 spiro atoms. The zero-order valence-electron chi connectivity index (χ0n) is 7.71. The third-order valence-electron chi connectivity index (χ3n) is 2.18. The Morgan fingerprint density at radius 2 is 1.92 bits per heavy atom. The molecule has 1 heterocycles. The van der Waals surface area contributed by atoms with Crippen molar-refractivity contribution in [1.29, 1.82) is 0 Å². The van der Waals surface area contributed by atoms with Gasteiger partial charge in [-0.3, -0.25) is 0 Å². The molecular weight excluding hydrogens is 174 g/mol. The van der Waals surface area contributed by atoms with Crippen LogP contribution >= 0.6 is 0 Å². The molecule has 0 atom stereocenters. The van der Waals surface area contributed by atoms with Crippen molar-refractivity contribution in [1.82, 2.24) is 0 Å². The van der Waals surface area contributed by atoms with Gasteiger partial charge >= 0.3 is 0 Å². The van der Waals surface area contributed by atoms with Gasteiger partial charge in [-0.2, -0.15) is 0 Å². The summed E-state index contributed by atoms with van der Waals surface area (Å²) >= 11 is 0. The fraction of sp³-hybridized carbons (Fsp3) is 1.00. The highest BCUT2D eigenvalue weighted by Gasteiger charge is 2.33. The summed E-state index contributed by atoms with van der Waals surface area (Å²) in [5.41, 5.74) is 5.63. The first kappa shape index (κ1) is 9.99. The highest BCUT2D eigenvalue weighted by molar-refractivity contribution is 7.92. The Kier molecular flexibility index (Phi) is 2.50. The van der Waals surface area contributed by atoms with Crippen LogP contribution in [-0.2, 0) is 9.84 Å². The standard InChI is InChI=1S/C8H17NO2S/c1-8(2,9)4-3-7-5-12(10,11)6-7/h7H,3-6,9H2,1-2H3. The van der Waals surface area contributed by atoms with Gasteiger partial charge in [0.05, 0.1) is 11.5 Å². The molecule has 1 saturated heterocycles. The minimum Gasteiger partial charge on any atom is -0.326 e. The molecule has 0 aliphatic carbocycles. The van der Waals surface area contributed by atoms with E-state index in [0.717, 1.165) is 12.8 Å². The average molecular weight is 191 g/mol. The van der Waals surface area contributed by atoms with E-state index in [-0.39, 0.29) is 5.54 Å². The summed E-state index contributed by atoms with van der Waals surface area (Å²) in [5.74, 6) is 1.13. The predicted molar refractivity (Wildman–Crippen MR) is 49.6 cm³/mol. The molecule has 72 valence electrons. The second kappa shape index (κ2) is 3.00. The number of sulfone groups is 1. The van der Waals surface area contributed by atoms with Crippen molar-refractivity contribution >= 4 is 9.84 Å². The lowest BCUT2D eigenvalue weighted by atomic mass is 9.95. The van der Waals surface area contributed by atoms with Gasteiger partial charge in [-0.05, 0) is 32.6 Å². The van der Waals surface area contributed by atoms with Crippen LogP contribution in [0.25, 0.3) is 0 Å². The fourth-order valence-corrected chi connectivity index (χ4v) is 3.08. The van der Waals surface area contributed by atoms with E-state index >= 15 is 0 Å². The van der Waals surface area contributed by atoms with E-state index in [1.54, 1.807) is 0 Å². The maximum atomic E-state index is 10.8. The first-order valence-corrected chi connectivity index (χ1v) is 6.10. The zero-order valence-corrected chi connectivity index (χ0v) is 8.52. The molecule has 3 nitrogen and oxygen atoms in total. The third kappa shape index (κ3) is 3.11. The lowest BCUT2D eigenvalue weighted by molar-refractivity contribution is 0.399. The molecule has 0 aromatic heterocycles. The molecule has 1 fully saturated rings. The third-order valence-corrected chi connectivity index (χ3v) is 4.13. The second-order valence-electron chi connectivity index (χ2n) is 4.47. The SMILES string of the molecule is CC(C)(N)CCC1CS(=O)(=O)C1. The molecule has 1 rings (SSSR count). The molecule has 0 radical (unpaired) electrons. The maximum Gasteiger partial charge on any atom is 0.150 e. The minimum atomic E-state index is -2.64. The van der Waals surface area contributed by atoms with Gasteiger partial charge in [0, 0.05) is 5.54 Å². The van der Waals surface area contributed by atoms with Crippen LogP contribution in [0.1, 0.15) is 26.7 Å². The Bertz CT molecular complexity index is 239. The molecule has 0 bridgehead atoms. The van der Waals surface area contributed by atoms with Gasteiger partial charge < -0.3 is 5.73 Å². The molecular formula is C8H17NO2S. The molecule has 2 N–H and O–H groups in total. The Morgan fingerprint density at radius 3 is 2.25 bits per heavy atom.